The molecule has 0 amide bonds. The van der Waals surface area contributed by atoms with Gasteiger partial charge in [0, 0.05) is 0 Å². The Bertz CT molecular complexity index is 131. The predicted molar refractivity (Wildman–Crippen MR) is 44.8 cm³/mol. The fourth-order valence-corrected chi connectivity index (χ4v) is 1.42. The highest BCUT2D eigenvalue weighted by Crippen LogP contribution is 2.16. The van der Waals surface area contributed by atoms with Crippen molar-refractivity contribution in [3.63, 3.8) is 0 Å². The van der Waals surface area contributed by atoms with Gasteiger partial charge in [-0.2, -0.15) is 11.8 Å². The zero-order valence-corrected chi connectivity index (χ0v) is 7.58. The molecule has 0 aromatic rings. The first-order chi connectivity index (χ1) is 4.92. The summed E-state index contributed by atoms with van der Waals surface area (Å²) in [6, 6.07) is 0. The fraction of sp³-hybridized carbons (Fsp3) is 0.857. The Balaban J connectivity index is 3.22. The third kappa shape index (κ3) is 9.75. The van der Waals surface area contributed by atoms with Crippen molar-refractivity contribution in [3.8, 4) is 0 Å². The zero-order chi connectivity index (χ0) is 8.91. The SMILES string of the molecule is CC(C)(F)CCSCC(=O)O. The lowest BCUT2D eigenvalue weighted by molar-refractivity contribution is -0.133. The second-order valence-electron chi connectivity index (χ2n) is 2.92. The van der Waals surface area contributed by atoms with Crippen LogP contribution in [0.4, 0.5) is 4.39 Å². The van der Waals surface area contributed by atoms with Crippen molar-refractivity contribution >= 4 is 17.7 Å². The van der Waals surface area contributed by atoms with Gasteiger partial charge in [0.2, 0.25) is 0 Å². The van der Waals surface area contributed by atoms with E-state index in [4.69, 9.17) is 5.11 Å². The molecule has 1 N–H and O–H groups in total. The van der Waals surface area contributed by atoms with E-state index in [1.807, 2.05) is 0 Å². The number of alkyl halides is 1. The van der Waals surface area contributed by atoms with Gasteiger partial charge < -0.3 is 5.11 Å². The monoisotopic (exact) mass is 180 g/mol. The van der Waals surface area contributed by atoms with Crippen LogP contribution in [0.2, 0.25) is 0 Å². The lowest BCUT2D eigenvalue weighted by Gasteiger charge is -2.12. The third-order valence-electron chi connectivity index (χ3n) is 1.07. The van der Waals surface area contributed by atoms with Crippen LogP contribution in [0.25, 0.3) is 0 Å². The average molecular weight is 180 g/mol. The maximum Gasteiger partial charge on any atom is 0.313 e. The minimum Gasteiger partial charge on any atom is -0.481 e. The maximum absolute atomic E-state index is 12.8. The van der Waals surface area contributed by atoms with E-state index in [2.05, 4.69) is 0 Å². The van der Waals surface area contributed by atoms with Gasteiger partial charge in [-0.3, -0.25) is 4.79 Å². The van der Waals surface area contributed by atoms with E-state index in [0.29, 0.717) is 12.2 Å². The van der Waals surface area contributed by atoms with Crippen molar-refractivity contribution in [3.05, 3.63) is 0 Å². The molecule has 0 heterocycles. The summed E-state index contributed by atoms with van der Waals surface area (Å²) in [5, 5.41) is 8.23. The maximum atomic E-state index is 12.8. The molecule has 66 valence electrons. The molecule has 0 rings (SSSR count). The number of hydrogen-bond acceptors (Lipinski definition) is 2. The highest BCUT2D eigenvalue weighted by molar-refractivity contribution is 7.99. The second kappa shape index (κ2) is 4.59. The van der Waals surface area contributed by atoms with E-state index in [9.17, 15) is 9.18 Å². The smallest absolute Gasteiger partial charge is 0.313 e. The van der Waals surface area contributed by atoms with Gasteiger partial charge in [0.05, 0.1) is 5.75 Å². The summed E-state index contributed by atoms with van der Waals surface area (Å²) < 4.78 is 12.8. The van der Waals surface area contributed by atoms with E-state index >= 15 is 0 Å². The molecule has 2 nitrogen and oxygen atoms in total. The number of carbonyl (C=O) groups is 1. The molecule has 0 aliphatic carbocycles. The topological polar surface area (TPSA) is 37.3 Å². The van der Waals surface area contributed by atoms with Gasteiger partial charge in [-0.05, 0) is 26.0 Å². The van der Waals surface area contributed by atoms with E-state index < -0.39 is 11.6 Å². The molecule has 0 fully saturated rings. The lowest BCUT2D eigenvalue weighted by Crippen LogP contribution is -2.13. The van der Waals surface area contributed by atoms with Crippen LogP contribution in [0.1, 0.15) is 20.3 Å². The number of thioether (sulfide) groups is 1. The normalized spacial score (nSPS) is 11.5. The van der Waals surface area contributed by atoms with Crippen LogP contribution in [0.3, 0.4) is 0 Å². The van der Waals surface area contributed by atoms with Gasteiger partial charge in [0.1, 0.15) is 5.67 Å². The summed E-state index contributed by atoms with van der Waals surface area (Å²) in [5.41, 5.74) is -1.18. The van der Waals surface area contributed by atoms with Crippen LogP contribution >= 0.6 is 11.8 Å². The molecule has 0 aromatic carbocycles. The standard InChI is InChI=1S/C7H13FO2S/c1-7(2,8)3-4-11-5-6(9)10/h3-5H2,1-2H3,(H,9,10). The number of carboxylic acids is 1. The number of carboxylic acid groups (broad SMARTS) is 1. The van der Waals surface area contributed by atoms with Crippen LogP contribution in [0.15, 0.2) is 0 Å². The van der Waals surface area contributed by atoms with Crippen LogP contribution < -0.4 is 0 Å². The second-order valence-corrected chi connectivity index (χ2v) is 4.02. The van der Waals surface area contributed by atoms with Crippen LogP contribution in [0.5, 0.6) is 0 Å². The summed E-state index contributed by atoms with van der Waals surface area (Å²) in [4.78, 5) is 10.0. The Hall–Kier alpha value is -0.250. The molecular formula is C7H13FO2S. The number of rotatable bonds is 5. The molecule has 0 saturated carbocycles. The molecular weight excluding hydrogens is 167 g/mol. The lowest BCUT2D eigenvalue weighted by atomic mass is 10.1. The van der Waals surface area contributed by atoms with Crippen LogP contribution in [-0.4, -0.2) is 28.3 Å². The Kier molecular flexibility index (Phi) is 4.49. The molecule has 0 spiro atoms. The molecule has 0 aliphatic heterocycles. The van der Waals surface area contributed by atoms with Crippen molar-refractivity contribution in [2.75, 3.05) is 11.5 Å². The number of hydrogen-bond donors (Lipinski definition) is 1. The quantitative estimate of drug-likeness (QED) is 0.657. The van der Waals surface area contributed by atoms with Crippen molar-refractivity contribution in [1.29, 1.82) is 0 Å². The fourth-order valence-electron chi connectivity index (χ4n) is 0.474. The molecule has 0 aliphatic rings. The van der Waals surface area contributed by atoms with Gasteiger partial charge in [-0.15, -0.1) is 0 Å². The molecule has 0 radical (unpaired) electrons. The minimum absolute atomic E-state index is 0.0656. The largest absolute Gasteiger partial charge is 0.481 e. The number of aliphatic carboxylic acids is 1. The first kappa shape index (κ1) is 10.8. The minimum atomic E-state index is -1.18. The average Bonchev–Trinajstić information content (AvgIpc) is 1.78. The van der Waals surface area contributed by atoms with Gasteiger partial charge in [0.15, 0.2) is 0 Å². The third-order valence-corrected chi connectivity index (χ3v) is 2.01. The van der Waals surface area contributed by atoms with Crippen molar-refractivity contribution in [2.45, 2.75) is 25.9 Å². The van der Waals surface area contributed by atoms with Crippen molar-refractivity contribution in [1.82, 2.24) is 0 Å². The Morgan fingerprint density at radius 3 is 2.55 bits per heavy atom. The van der Waals surface area contributed by atoms with Crippen molar-refractivity contribution < 1.29 is 14.3 Å². The van der Waals surface area contributed by atoms with E-state index in [0.717, 1.165) is 0 Å². The highest BCUT2D eigenvalue weighted by atomic mass is 32.2. The van der Waals surface area contributed by atoms with Crippen molar-refractivity contribution in [2.24, 2.45) is 0 Å². The van der Waals surface area contributed by atoms with Crippen LogP contribution in [0, 0.1) is 0 Å². The summed E-state index contributed by atoms with van der Waals surface area (Å²) in [6.45, 7) is 2.99. The Morgan fingerprint density at radius 1 is 1.64 bits per heavy atom. The van der Waals surface area contributed by atoms with Gasteiger partial charge in [-0.1, -0.05) is 0 Å². The molecule has 0 bridgehead atoms. The molecule has 4 heteroatoms. The van der Waals surface area contributed by atoms with Gasteiger partial charge >= 0.3 is 5.97 Å². The molecule has 0 saturated heterocycles. The van der Waals surface area contributed by atoms with Gasteiger partial charge in [0.25, 0.3) is 0 Å². The van der Waals surface area contributed by atoms with Gasteiger partial charge in [-0.25, -0.2) is 4.39 Å². The molecule has 0 aromatic heterocycles. The summed E-state index contributed by atoms with van der Waals surface area (Å²) >= 11 is 1.25. The van der Waals surface area contributed by atoms with Crippen LogP contribution in [-0.2, 0) is 4.79 Å². The molecule has 11 heavy (non-hydrogen) atoms. The van der Waals surface area contributed by atoms with E-state index in [1.165, 1.54) is 25.6 Å². The first-order valence-electron chi connectivity index (χ1n) is 3.40. The number of halogens is 1. The summed E-state index contributed by atoms with van der Waals surface area (Å²) in [7, 11) is 0. The molecule has 0 atom stereocenters. The zero-order valence-electron chi connectivity index (χ0n) is 6.76. The Labute approximate surface area is 70.2 Å². The highest BCUT2D eigenvalue weighted by Gasteiger charge is 2.14. The Morgan fingerprint density at radius 2 is 2.18 bits per heavy atom. The summed E-state index contributed by atoms with van der Waals surface area (Å²) in [6.07, 6.45) is 0.408. The van der Waals surface area contributed by atoms with E-state index in [-0.39, 0.29) is 5.75 Å². The van der Waals surface area contributed by atoms with E-state index in [1.54, 1.807) is 0 Å². The molecule has 0 unspecified atom stereocenters. The first-order valence-corrected chi connectivity index (χ1v) is 4.56. The predicted octanol–water partition coefficient (Wildman–Crippen LogP) is 1.94. The summed E-state index contributed by atoms with van der Waals surface area (Å²) in [5.74, 6) is -0.210.